The summed E-state index contributed by atoms with van der Waals surface area (Å²) in [4.78, 5) is 13.2. The molecule has 0 radical (unpaired) electrons. The third-order valence-corrected chi connectivity index (χ3v) is 3.24. The van der Waals surface area contributed by atoms with Gasteiger partial charge in [0.1, 0.15) is 36.3 Å². The van der Waals surface area contributed by atoms with Crippen molar-refractivity contribution in [3.8, 4) is 23.4 Å². The van der Waals surface area contributed by atoms with Crippen LogP contribution in [0.25, 0.3) is 11.3 Å². The Hall–Kier alpha value is -2.96. The van der Waals surface area contributed by atoms with E-state index in [9.17, 15) is 0 Å². The van der Waals surface area contributed by atoms with E-state index in [0.29, 0.717) is 27.7 Å². The summed E-state index contributed by atoms with van der Waals surface area (Å²) in [5.41, 5.74) is 2.74. The molecule has 0 aliphatic heterocycles. The molecular formula is C14H6ClN5O. The smallest absolute Gasteiger partial charge is 0.177 e. The highest BCUT2D eigenvalue weighted by molar-refractivity contribution is 6.32. The van der Waals surface area contributed by atoms with Crippen LogP contribution in [0.4, 0.5) is 0 Å². The minimum Gasteiger partial charge on any atom is -0.399 e. The third kappa shape index (κ3) is 1.90. The van der Waals surface area contributed by atoms with Crippen molar-refractivity contribution in [2.45, 2.75) is 0 Å². The normalized spacial score (nSPS) is 13.2. The van der Waals surface area contributed by atoms with Gasteiger partial charge in [0.15, 0.2) is 11.4 Å². The Balaban J connectivity index is 2.38. The predicted octanol–water partition coefficient (Wildman–Crippen LogP) is 2.25. The lowest BCUT2D eigenvalue weighted by Gasteiger charge is -2.00. The van der Waals surface area contributed by atoms with Gasteiger partial charge in [-0.05, 0) is 12.1 Å². The molecular weight excluding hydrogens is 290 g/mol. The number of hydrogen-bond acceptors (Lipinski definition) is 6. The number of aromatic nitrogens is 2. The Labute approximate surface area is 124 Å². The molecule has 0 bridgehead atoms. The van der Waals surface area contributed by atoms with Crippen LogP contribution in [0.5, 0.6) is 0 Å². The third-order valence-electron chi connectivity index (χ3n) is 3.01. The maximum Gasteiger partial charge on any atom is 0.177 e. The van der Waals surface area contributed by atoms with Gasteiger partial charge in [0.05, 0.1) is 0 Å². The van der Waals surface area contributed by atoms with Crippen LogP contribution in [-0.4, -0.2) is 22.8 Å². The molecule has 0 unspecified atom stereocenters. The van der Waals surface area contributed by atoms with Crippen molar-refractivity contribution >= 4 is 17.3 Å². The summed E-state index contributed by atoms with van der Waals surface area (Å²) in [6, 6.07) is 8.94. The van der Waals surface area contributed by atoms with E-state index < -0.39 is 0 Å². The summed E-state index contributed by atoms with van der Waals surface area (Å²) in [6.07, 6.45) is 0. The fourth-order valence-corrected chi connectivity index (χ4v) is 2.35. The van der Waals surface area contributed by atoms with Gasteiger partial charge in [0.25, 0.3) is 0 Å². The first kappa shape index (κ1) is 13.0. The second kappa shape index (κ2) is 4.86. The summed E-state index contributed by atoms with van der Waals surface area (Å²) in [5.74, 6) is 0. The zero-order chi connectivity index (χ0) is 15.0. The van der Waals surface area contributed by atoms with E-state index >= 15 is 0 Å². The first-order valence-electron chi connectivity index (χ1n) is 5.83. The first-order chi connectivity index (χ1) is 10.2. The van der Waals surface area contributed by atoms with E-state index in [2.05, 4.69) is 15.1 Å². The van der Waals surface area contributed by atoms with E-state index in [1.165, 1.54) is 7.11 Å². The molecule has 1 aromatic heterocycles. The largest absolute Gasteiger partial charge is 0.399 e. The number of rotatable bonds is 1. The molecule has 1 aliphatic carbocycles. The topological polar surface area (TPSA) is 95.0 Å². The highest BCUT2D eigenvalue weighted by Gasteiger charge is 2.30. The van der Waals surface area contributed by atoms with E-state index in [-0.39, 0.29) is 11.4 Å². The molecule has 0 atom stereocenters. The maximum absolute atomic E-state index is 9.06. The van der Waals surface area contributed by atoms with Gasteiger partial charge in [-0.15, -0.1) is 0 Å². The van der Waals surface area contributed by atoms with Crippen LogP contribution in [0.2, 0.25) is 5.02 Å². The molecule has 1 heterocycles. The van der Waals surface area contributed by atoms with E-state index in [0.717, 1.165) is 5.56 Å². The number of nitrogens with zero attached hydrogens (tertiary/aromatic N) is 5. The van der Waals surface area contributed by atoms with E-state index in [1.54, 1.807) is 18.2 Å². The molecule has 0 fully saturated rings. The lowest BCUT2D eigenvalue weighted by Crippen LogP contribution is -2.05. The van der Waals surface area contributed by atoms with Crippen LogP contribution in [0.1, 0.15) is 22.6 Å². The van der Waals surface area contributed by atoms with Crippen LogP contribution in [0, 0.1) is 22.7 Å². The van der Waals surface area contributed by atoms with Crippen LogP contribution < -0.4 is 0 Å². The van der Waals surface area contributed by atoms with Crippen LogP contribution in [0.15, 0.2) is 23.4 Å². The number of halogens is 1. The Morgan fingerprint density at radius 2 is 1.76 bits per heavy atom. The molecule has 0 saturated carbocycles. The van der Waals surface area contributed by atoms with Gasteiger partial charge in [-0.25, -0.2) is 9.97 Å². The molecule has 6 nitrogen and oxygen atoms in total. The molecule has 100 valence electrons. The van der Waals surface area contributed by atoms with Crippen molar-refractivity contribution in [1.29, 1.82) is 10.5 Å². The fraction of sp³-hybridized carbons (Fsp3) is 0.0714. The maximum atomic E-state index is 9.06. The highest BCUT2D eigenvalue weighted by atomic mass is 35.5. The van der Waals surface area contributed by atoms with Gasteiger partial charge in [-0.3, -0.25) is 0 Å². The van der Waals surface area contributed by atoms with Gasteiger partial charge in [-0.1, -0.05) is 22.8 Å². The van der Waals surface area contributed by atoms with E-state index in [4.69, 9.17) is 27.0 Å². The Morgan fingerprint density at radius 1 is 1.10 bits per heavy atom. The van der Waals surface area contributed by atoms with Crippen molar-refractivity contribution in [2.24, 2.45) is 5.16 Å². The molecule has 0 spiro atoms. The Kier molecular flexibility index (Phi) is 3.02. The van der Waals surface area contributed by atoms with Crippen molar-refractivity contribution < 1.29 is 4.84 Å². The molecule has 1 aromatic carbocycles. The monoisotopic (exact) mass is 295 g/mol. The summed E-state index contributed by atoms with van der Waals surface area (Å²) in [6.45, 7) is 0. The van der Waals surface area contributed by atoms with Gasteiger partial charge < -0.3 is 4.84 Å². The highest BCUT2D eigenvalue weighted by Crippen LogP contribution is 2.36. The molecule has 7 heteroatoms. The minimum atomic E-state index is -0.0426. The van der Waals surface area contributed by atoms with Crippen molar-refractivity contribution in [3.05, 3.63) is 45.9 Å². The summed E-state index contributed by atoms with van der Waals surface area (Å²) >= 11 is 6.01. The lowest BCUT2D eigenvalue weighted by atomic mass is 10.1. The number of nitriles is 2. The fourth-order valence-electron chi connectivity index (χ4n) is 2.17. The molecule has 0 amide bonds. The molecule has 3 rings (SSSR count). The summed E-state index contributed by atoms with van der Waals surface area (Å²) in [7, 11) is 1.41. The predicted molar refractivity (Wildman–Crippen MR) is 74.6 cm³/mol. The Bertz CT molecular complexity index is 876. The first-order valence-corrected chi connectivity index (χ1v) is 6.21. The standard InChI is InChI=1S/C14H6ClN5O/c1-21-20-13-9-4-7(15)2-3-8(9)12-14(13)19-11(6-17)10(5-16)18-12/h2-4H,1H3. The van der Waals surface area contributed by atoms with Crippen LogP contribution in [0.3, 0.4) is 0 Å². The van der Waals surface area contributed by atoms with E-state index in [1.807, 2.05) is 12.1 Å². The molecule has 2 aromatic rings. The molecule has 21 heavy (non-hydrogen) atoms. The van der Waals surface area contributed by atoms with Gasteiger partial charge in [0, 0.05) is 16.1 Å². The SMILES string of the molecule is CON=C1c2cc(Cl)ccc2-c2nc(C#N)c(C#N)nc21. The summed E-state index contributed by atoms with van der Waals surface area (Å²) in [5, 5.41) is 22.6. The van der Waals surface area contributed by atoms with Gasteiger partial charge in [-0.2, -0.15) is 10.5 Å². The Morgan fingerprint density at radius 3 is 2.38 bits per heavy atom. The zero-order valence-corrected chi connectivity index (χ0v) is 11.5. The quantitative estimate of drug-likeness (QED) is 0.642. The van der Waals surface area contributed by atoms with Crippen molar-refractivity contribution in [1.82, 2.24) is 9.97 Å². The molecule has 0 saturated heterocycles. The van der Waals surface area contributed by atoms with Crippen molar-refractivity contribution in [3.63, 3.8) is 0 Å². The number of oxime groups is 1. The average Bonchev–Trinajstić information content (AvgIpc) is 2.79. The van der Waals surface area contributed by atoms with Crippen LogP contribution in [-0.2, 0) is 4.84 Å². The number of benzene rings is 1. The van der Waals surface area contributed by atoms with Crippen molar-refractivity contribution in [2.75, 3.05) is 7.11 Å². The summed E-state index contributed by atoms with van der Waals surface area (Å²) < 4.78 is 0. The van der Waals surface area contributed by atoms with Gasteiger partial charge in [0.2, 0.25) is 0 Å². The minimum absolute atomic E-state index is 0.0178. The number of hydrogen-bond donors (Lipinski definition) is 0. The second-order valence-corrected chi connectivity index (χ2v) is 4.59. The average molecular weight is 296 g/mol. The number of fused-ring (bicyclic) bond motifs is 3. The van der Waals surface area contributed by atoms with Crippen LogP contribution >= 0.6 is 11.6 Å². The lowest BCUT2D eigenvalue weighted by molar-refractivity contribution is 0.214. The molecule has 1 aliphatic rings. The zero-order valence-electron chi connectivity index (χ0n) is 10.8. The second-order valence-electron chi connectivity index (χ2n) is 4.15. The molecule has 0 N–H and O–H groups in total. The van der Waals surface area contributed by atoms with Gasteiger partial charge >= 0.3 is 0 Å².